The Morgan fingerprint density at radius 2 is 1.79 bits per heavy atom. The molecule has 0 aliphatic carbocycles. The van der Waals surface area contributed by atoms with Crippen LogP contribution in [0.3, 0.4) is 0 Å². The summed E-state index contributed by atoms with van der Waals surface area (Å²) in [6, 6.07) is 0.404. The first kappa shape index (κ1) is 13.9. The molecule has 0 amide bonds. The minimum atomic E-state index is 0.404. The maximum absolute atomic E-state index is 5.99. The fourth-order valence-corrected chi connectivity index (χ4v) is 1.76. The highest BCUT2D eigenvalue weighted by atomic mass is 15.1. The van der Waals surface area contributed by atoms with Crippen molar-refractivity contribution in [3.8, 4) is 0 Å². The molecular formula is C12H28N2. The zero-order chi connectivity index (χ0) is 11.0. The number of rotatable bonds is 8. The summed E-state index contributed by atoms with van der Waals surface area (Å²) in [5.41, 5.74) is 5.99. The molecule has 0 radical (unpaired) electrons. The van der Waals surface area contributed by atoms with Crippen molar-refractivity contribution in [1.82, 2.24) is 4.90 Å². The Hall–Kier alpha value is -0.0800. The van der Waals surface area contributed by atoms with Gasteiger partial charge in [0.25, 0.3) is 0 Å². The Labute approximate surface area is 89.9 Å². The van der Waals surface area contributed by atoms with Gasteiger partial charge < -0.3 is 10.6 Å². The van der Waals surface area contributed by atoms with Crippen molar-refractivity contribution in [1.29, 1.82) is 0 Å². The fourth-order valence-electron chi connectivity index (χ4n) is 1.76. The molecule has 14 heavy (non-hydrogen) atoms. The van der Waals surface area contributed by atoms with Crippen molar-refractivity contribution in [3.05, 3.63) is 0 Å². The van der Waals surface area contributed by atoms with E-state index in [4.69, 9.17) is 5.73 Å². The minimum absolute atomic E-state index is 0.404. The first-order valence-electron chi connectivity index (χ1n) is 6.08. The first-order chi connectivity index (χ1) is 6.60. The second-order valence-corrected chi connectivity index (χ2v) is 4.62. The van der Waals surface area contributed by atoms with Crippen molar-refractivity contribution in [2.24, 2.45) is 11.7 Å². The predicted octanol–water partition coefficient (Wildman–Crippen LogP) is 2.48. The van der Waals surface area contributed by atoms with Crippen LogP contribution in [0.2, 0.25) is 0 Å². The van der Waals surface area contributed by atoms with Gasteiger partial charge in [-0.1, -0.05) is 34.1 Å². The van der Waals surface area contributed by atoms with Gasteiger partial charge in [0.05, 0.1) is 0 Å². The lowest BCUT2D eigenvalue weighted by molar-refractivity contribution is 0.245. The monoisotopic (exact) mass is 200 g/mol. The van der Waals surface area contributed by atoms with Gasteiger partial charge in [-0.15, -0.1) is 0 Å². The summed E-state index contributed by atoms with van der Waals surface area (Å²) in [6.45, 7) is 12.5. The lowest BCUT2D eigenvalue weighted by atomic mass is 10.1. The fraction of sp³-hybridized carbons (Fsp3) is 1.00. The van der Waals surface area contributed by atoms with Crippen molar-refractivity contribution in [3.63, 3.8) is 0 Å². The molecule has 2 nitrogen and oxygen atoms in total. The van der Waals surface area contributed by atoms with Gasteiger partial charge in [-0.05, 0) is 31.8 Å². The summed E-state index contributed by atoms with van der Waals surface area (Å²) in [6.07, 6.45) is 3.52. The zero-order valence-corrected chi connectivity index (χ0v) is 10.4. The molecule has 2 heteroatoms. The van der Waals surface area contributed by atoms with E-state index >= 15 is 0 Å². The van der Waals surface area contributed by atoms with Crippen LogP contribution in [0.15, 0.2) is 0 Å². The van der Waals surface area contributed by atoms with Gasteiger partial charge in [0.15, 0.2) is 0 Å². The summed E-state index contributed by atoms with van der Waals surface area (Å²) < 4.78 is 0. The molecule has 0 aromatic rings. The van der Waals surface area contributed by atoms with Crippen LogP contribution in [0.25, 0.3) is 0 Å². The zero-order valence-electron chi connectivity index (χ0n) is 10.4. The molecule has 0 aliphatic heterocycles. The minimum Gasteiger partial charge on any atom is -0.328 e. The molecular weight excluding hydrogens is 172 g/mol. The second kappa shape index (κ2) is 8.25. The second-order valence-electron chi connectivity index (χ2n) is 4.62. The molecule has 1 unspecified atom stereocenters. The van der Waals surface area contributed by atoms with E-state index in [1.165, 1.54) is 19.4 Å². The molecule has 0 bridgehead atoms. The van der Waals surface area contributed by atoms with Gasteiger partial charge in [-0.25, -0.2) is 0 Å². The first-order valence-corrected chi connectivity index (χ1v) is 6.08. The van der Waals surface area contributed by atoms with Crippen LogP contribution in [-0.2, 0) is 0 Å². The van der Waals surface area contributed by atoms with Gasteiger partial charge in [-0.3, -0.25) is 0 Å². The van der Waals surface area contributed by atoms with Crippen LogP contribution < -0.4 is 5.73 Å². The van der Waals surface area contributed by atoms with E-state index in [-0.39, 0.29) is 0 Å². The summed E-state index contributed by atoms with van der Waals surface area (Å²) in [5, 5.41) is 0. The van der Waals surface area contributed by atoms with Crippen molar-refractivity contribution < 1.29 is 0 Å². The standard InChI is InChI=1S/C12H28N2/c1-5-7-12(13)8-9-14(6-2)10-11(3)4/h11-12H,5-10,13H2,1-4H3. The van der Waals surface area contributed by atoms with Gasteiger partial charge >= 0.3 is 0 Å². The topological polar surface area (TPSA) is 29.3 Å². The maximum atomic E-state index is 5.99. The molecule has 0 aliphatic rings. The molecule has 0 fully saturated rings. The molecule has 0 saturated heterocycles. The van der Waals surface area contributed by atoms with Crippen molar-refractivity contribution >= 4 is 0 Å². The van der Waals surface area contributed by atoms with Crippen LogP contribution in [0.1, 0.15) is 47.0 Å². The van der Waals surface area contributed by atoms with Gasteiger partial charge in [-0.2, -0.15) is 0 Å². The third-order valence-electron chi connectivity index (χ3n) is 2.55. The number of hydrogen-bond acceptors (Lipinski definition) is 2. The van der Waals surface area contributed by atoms with Gasteiger partial charge in [0, 0.05) is 12.6 Å². The van der Waals surface area contributed by atoms with Crippen LogP contribution in [0, 0.1) is 5.92 Å². The molecule has 0 aromatic heterocycles. The average molecular weight is 200 g/mol. The SMILES string of the molecule is CCCC(N)CCN(CC)CC(C)C. The maximum Gasteiger partial charge on any atom is 0.00509 e. The van der Waals surface area contributed by atoms with E-state index in [0.717, 1.165) is 25.4 Å². The van der Waals surface area contributed by atoms with Gasteiger partial charge in [0.2, 0.25) is 0 Å². The van der Waals surface area contributed by atoms with E-state index in [2.05, 4.69) is 32.6 Å². The molecule has 0 spiro atoms. The normalized spacial score (nSPS) is 13.9. The van der Waals surface area contributed by atoms with E-state index in [1.807, 2.05) is 0 Å². The molecule has 0 rings (SSSR count). The summed E-state index contributed by atoms with van der Waals surface area (Å²) >= 11 is 0. The number of nitrogens with zero attached hydrogens (tertiary/aromatic N) is 1. The molecule has 2 N–H and O–H groups in total. The number of hydrogen-bond donors (Lipinski definition) is 1. The highest BCUT2D eigenvalue weighted by molar-refractivity contribution is 4.65. The third kappa shape index (κ3) is 7.34. The Morgan fingerprint density at radius 1 is 1.14 bits per heavy atom. The Bertz CT molecular complexity index is 123. The largest absolute Gasteiger partial charge is 0.328 e. The summed E-state index contributed by atoms with van der Waals surface area (Å²) in [4.78, 5) is 2.50. The Kier molecular flexibility index (Phi) is 8.20. The van der Waals surface area contributed by atoms with E-state index in [0.29, 0.717) is 6.04 Å². The lowest BCUT2D eigenvalue weighted by Crippen LogP contribution is -2.32. The average Bonchev–Trinajstić information content (AvgIpc) is 2.12. The van der Waals surface area contributed by atoms with Crippen molar-refractivity contribution in [2.75, 3.05) is 19.6 Å². The molecule has 0 heterocycles. The van der Waals surface area contributed by atoms with Crippen LogP contribution in [0.5, 0.6) is 0 Å². The lowest BCUT2D eigenvalue weighted by Gasteiger charge is -2.23. The van der Waals surface area contributed by atoms with E-state index in [9.17, 15) is 0 Å². The Balaban J connectivity index is 3.60. The number of nitrogens with two attached hydrogens (primary N) is 1. The van der Waals surface area contributed by atoms with Gasteiger partial charge in [0.1, 0.15) is 0 Å². The van der Waals surface area contributed by atoms with Crippen LogP contribution in [0.4, 0.5) is 0 Å². The molecule has 0 aromatic carbocycles. The van der Waals surface area contributed by atoms with Crippen LogP contribution >= 0.6 is 0 Å². The molecule has 1 atom stereocenters. The highest BCUT2D eigenvalue weighted by Crippen LogP contribution is 2.03. The molecule has 0 saturated carbocycles. The highest BCUT2D eigenvalue weighted by Gasteiger charge is 2.07. The van der Waals surface area contributed by atoms with E-state index < -0.39 is 0 Å². The van der Waals surface area contributed by atoms with E-state index in [1.54, 1.807) is 0 Å². The quantitative estimate of drug-likeness (QED) is 0.652. The Morgan fingerprint density at radius 3 is 2.21 bits per heavy atom. The van der Waals surface area contributed by atoms with Crippen molar-refractivity contribution in [2.45, 2.75) is 53.0 Å². The summed E-state index contributed by atoms with van der Waals surface area (Å²) in [5.74, 6) is 0.761. The smallest absolute Gasteiger partial charge is 0.00509 e. The van der Waals surface area contributed by atoms with Crippen LogP contribution in [-0.4, -0.2) is 30.6 Å². The summed E-state index contributed by atoms with van der Waals surface area (Å²) in [7, 11) is 0. The third-order valence-corrected chi connectivity index (χ3v) is 2.55. The predicted molar refractivity (Wildman–Crippen MR) is 64.5 cm³/mol. The molecule has 86 valence electrons.